The number of rotatable bonds is 4. The van der Waals surface area contributed by atoms with E-state index in [1.54, 1.807) is 0 Å². The Morgan fingerprint density at radius 3 is 2.85 bits per heavy atom. The number of nitrogens with zero attached hydrogens (tertiary/aromatic N) is 4. The lowest BCUT2D eigenvalue weighted by molar-refractivity contribution is -0.125. The molecule has 1 N–H and O–H groups in total. The van der Waals surface area contributed by atoms with Gasteiger partial charge in [0.15, 0.2) is 5.65 Å². The summed E-state index contributed by atoms with van der Waals surface area (Å²) in [6.07, 6.45) is 10.2. The summed E-state index contributed by atoms with van der Waals surface area (Å²) in [5.41, 5.74) is 0.772. The molecular weight excluding hydrogens is 350 g/mol. The third-order valence-corrected chi connectivity index (χ3v) is 5.94. The third kappa shape index (κ3) is 3.80. The van der Waals surface area contributed by atoms with E-state index in [9.17, 15) is 4.79 Å². The molecule has 1 atom stereocenters. The maximum Gasteiger partial charge on any atom is 0.231 e. The van der Waals surface area contributed by atoms with Crippen molar-refractivity contribution in [3.8, 4) is 0 Å². The lowest BCUT2D eigenvalue weighted by Crippen LogP contribution is -2.44. The molecule has 0 aromatic carbocycles. The molecule has 0 spiro atoms. The highest BCUT2D eigenvalue weighted by Gasteiger charge is 2.28. The predicted octanol–water partition coefficient (Wildman–Crippen LogP) is 3.30. The van der Waals surface area contributed by atoms with Gasteiger partial charge in [-0.25, -0.2) is 0 Å². The summed E-state index contributed by atoms with van der Waals surface area (Å²) >= 11 is 6.12. The van der Waals surface area contributed by atoms with Gasteiger partial charge in [-0.2, -0.15) is 0 Å². The van der Waals surface area contributed by atoms with Crippen LogP contribution in [0, 0.1) is 11.8 Å². The molecule has 0 radical (unpaired) electrons. The first kappa shape index (κ1) is 17.6. The van der Waals surface area contributed by atoms with Crippen molar-refractivity contribution in [2.24, 2.45) is 11.8 Å². The molecule has 1 saturated heterocycles. The monoisotopic (exact) mass is 375 g/mol. The average Bonchev–Trinajstić information content (AvgIpc) is 3.10. The largest absolute Gasteiger partial charge is 0.356 e. The van der Waals surface area contributed by atoms with Crippen LogP contribution in [0.5, 0.6) is 0 Å². The van der Waals surface area contributed by atoms with Crippen molar-refractivity contribution in [3.63, 3.8) is 0 Å². The Bertz CT molecular complexity index is 770. The molecule has 140 valence electrons. The lowest BCUT2D eigenvalue weighted by atomic mass is 9.89. The quantitative estimate of drug-likeness (QED) is 0.890. The van der Waals surface area contributed by atoms with Crippen molar-refractivity contribution in [1.82, 2.24) is 19.9 Å². The van der Waals surface area contributed by atoms with Gasteiger partial charge in [0.2, 0.25) is 11.9 Å². The summed E-state index contributed by atoms with van der Waals surface area (Å²) in [6, 6.07) is 3.67. The number of aromatic nitrogens is 3. The summed E-state index contributed by atoms with van der Waals surface area (Å²) in [7, 11) is 0. The first-order chi connectivity index (χ1) is 12.7. The maximum absolute atomic E-state index is 12.7. The molecule has 2 aromatic heterocycles. The number of carbonyl (C=O) groups excluding carboxylic acids is 1. The van der Waals surface area contributed by atoms with E-state index >= 15 is 0 Å². The highest BCUT2D eigenvalue weighted by atomic mass is 35.5. The Hall–Kier alpha value is -1.82. The van der Waals surface area contributed by atoms with Crippen LogP contribution >= 0.6 is 11.6 Å². The second-order valence-electron chi connectivity index (χ2n) is 7.61. The van der Waals surface area contributed by atoms with Crippen LogP contribution in [0.4, 0.5) is 5.95 Å². The molecule has 1 aliphatic carbocycles. The van der Waals surface area contributed by atoms with Crippen LogP contribution in [0.15, 0.2) is 18.3 Å². The molecule has 2 fully saturated rings. The lowest BCUT2D eigenvalue weighted by Gasteiger charge is -2.32. The van der Waals surface area contributed by atoms with Crippen LogP contribution in [0.1, 0.15) is 44.9 Å². The second kappa shape index (κ2) is 7.82. The van der Waals surface area contributed by atoms with Crippen LogP contribution < -0.4 is 10.2 Å². The Balaban J connectivity index is 1.40. The van der Waals surface area contributed by atoms with E-state index in [4.69, 9.17) is 11.6 Å². The molecule has 0 bridgehead atoms. The van der Waals surface area contributed by atoms with Gasteiger partial charge in [-0.05, 0) is 43.7 Å². The number of hydrogen-bond acceptors (Lipinski definition) is 4. The highest BCUT2D eigenvalue weighted by molar-refractivity contribution is 6.30. The van der Waals surface area contributed by atoms with E-state index in [0.717, 1.165) is 37.5 Å². The van der Waals surface area contributed by atoms with E-state index in [0.29, 0.717) is 17.5 Å². The summed E-state index contributed by atoms with van der Waals surface area (Å²) < 4.78 is 1.91. The number of nitrogens with one attached hydrogen (secondary N) is 1. The van der Waals surface area contributed by atoms with E-state index in [1.807, 2.05) is 22.7 Å². The van der Waals surface area contributed by atoms with Crippen molar-refractivity contribution >= 4 is 29.1 Å². The van der Waals surface area contributed by atoms with Crippen molar-refractivity contribution in [2.75, 3.05) is 24.5 Å². The molecular formula is C19H26ClN5O. The van der Waals surface area contributed by atoms with Gasteiger partial charge < -0.3 is 10.2 Å². The number of hydrogen-bond donors (Lipinski definition) is 1. The fourth-order valence-corrected chi connectivity index (χ4v) is 4.38. The smallest absolute Gasteiger partial charge is 0.231 e. The van der Waals surface area contributed by atoms with Gasteiger partial charge in [-0.1, -0.05) is 30.9 Å². The average molecular weight is 376 g/mol. The zero-order valence-electron chi connectivity index (χ0n) is 15.0. The minimum absolute atomic E-state index is 0.0128. The van der Waals surface area contributed by atoms with Crippen LogP contribution in [0.2, 0.25) is 5.02 Å². The van der Waals surface area contributed by atoms with Gasteiger partial charge in [0.25, 0.3) is 0 Å². The third-order valence-electron chi connectivity index (χ3n) is 5.71. The molecule has 4 rings (SSSR count). The zero-order chi connectivity index (χ0) is 17.9. The minimum Gasteiger partial charge on any atom is -0.356 e. The number of fused-ring (bicyclic) bond motifs is 1. The summed E-state index contributed by atoms with van der Waals surface area (Å²) in [5.74, 6) is 1.63. The minimum atomic E-state index is 0.0128. The molecule has 1 aliphatic heterocycles. The maximum atomic E-state index is 12.7. The van der Waals surface area contributed by atoms with Gasteiger partial charge >= 0.3 is 0 Å². The predicted molar refractivity (Wildman–Crippen MR) is 103 cm³/mol. The molecule has 1 saturated carbocycles. The van der Waals surface area contributed by atoms with Gasteiger partial charge in [0, 0.05) is 25.8 Å². The SMILES string of the molecule is O=C(NCC1CCCCC1)C1CCCN(c2nnc3ccc(Cl)cn23)C1. The molecule has 7 heteroatoms. The van der Waals surface area contributed by atoms with Crippen molar-refractivity contribution in [1.29, 1.82) is 0 Å². The molecule has 1 unspecified atom stereocenters. The fourth-order valence-electron chi connectivity index (χ4n) is 4.22. The van der Waals surface area contributed by atoms with E-state index in [2.05, 4.69) is 20.4 Å². The number of piperidine rings is 1. The van der Waals surface area contributed by atoms with Crippen molar-refractivity contribution in [3.05, 3.63) is 23.4 Å². The fraction of sp³-hybridized carbons (Fsp3) is 0.632. The number of pyridine rings is 1. The van der Waals surface area contributed by atoms with Gasteiger partial charge in [0.1, 0.15) is 0 Å². The summed E-state index contributed by atoms with van der Waals surface area (Å²) in [4.78, 5) is 14.8. The zero-order valence-corrected chi connectivity index (χ0v) is 15.8. The topological polar surface area (TPSA) is 62.5 Å². The second-order valence-corrected chi connectivity index (χ2v) is 8.05. The Labute approximate surface area is 158 Å². The van der Waals surface area contributed by atoms with Crippen LogP contribution in [0.25, 0.3) is 5.65 Å². The molecule has 6 nitrogen and oxygen atoms in total. The Kier molecular flexibility index (Phi) is 5.29. The molecule has 26 heavy (non-hydrogen) atoms. The van der Waals surface area contributed by atoms with Crippen LogP contribution in [-0.2, 0) is 4.79 Å². The summed E-state index contributed by atoms with van der Waals surface area (Å²) in [6.45, 7) is 2.41. The van der Waals surface area contributed by atoms with Crippen LogP contribution in [-0.4, -0.2) is 40.1 Å². The number of carbonyl (C=O) groups is 1. The molecule has 3 heterocycles. The number of anilines is 1. The highest BCUT2D eigenvalue weighted by Crippen LogP contribution is 2.25. The van der Waals surface area contributed by atoms with Crippen molar-refractivity contribution < 1.29 is 4.79 Å². The van der Waals surface area contributed by atoms with E-state index in [1.165, 1.54) is 32.1 Å². The van der Waals surface area contributed by atoms with Gasteiger partial charge in [0.05, 0.1) is 10.9 Å². The first-order valence-corrected chi connectivity index (χ1v) is 10.1. The standard InChI is InChI=1S/C19H26ClN5O/c20-16-8-9-17-22-23-19(25(17)13-16)24-10-4-7-15(12-24)18(26)21-11-14-5-2-1-3-6-14/h8-9,13-15H,1-7,10-12H2,(H,21,26). The Morgan fingerprint density at radius 1 is 1.15 bits per heavy atom. The van der Waals surface area contributed by atoms with Crippen molar-refractivity contribution in [2.45, 2.75) is 44.9 Å². The molecule has 2 aliphatic rings. The number of amides is 1. The molecule has 1 amide bonds. The molecule has 2 aromatic rings. The Morgan fingerprint density at radius 2 is 2.00 bits per heavy atom. The van der Waals surface area contributed by atoms with Gasteiger partial charge in [-0.3, -0.25) is 9.20 Å². The van der Waals surface area contributed by atoms with E-state index in [-0.39, 0.29) is 11.8 Å². The first-order valence-electron chi connectivity index (χ1n) is 9.73. The number of halogens is 1. The van der Waals surface area contributed by atoms with Gasteiger partial charge in [-0.15, -0.1) is 10.2 Å². The van der Waals surface area contributed by atoms with E-state index < -0.39 is 0 Å². The normalized spacial score (nSPS) is 21.9. The summed E-state index contributed by atoms with van der Waals surface area (Å²) in [5, 5.41) is 12.4. The van der Waals surface area contributed by atoms with Crippen LogP contribution in [0.3, 0.4) is 0 Å².